The fourth-order valence-corrected chi connectivity index (χ4v) is 5.35. The lowest BCUT2D eigenvalue weighted by atomic mass is 10.0. The maximum atomic E-state index is 12.9. The lowest BCUT2D eigenvalue weighted by Gasteiger charge is -2.37. The lowest BCUT2D eigenvalue weighted by molar-refractivity contribution is 0.0855. The molecule has 2 aliphatic rings. The third-order valence-corrected chi connectivity index (χ3v) is 7.43. The number of methoxy groups -OCH3 is 1. The molecule has 0 bridgehead atoms. The maximum Gasteiger partial charge on any atom is 0.407 e. The number of amides is 2. The van der Waals surface area contributed by atoms with Crippen molar-refractivity contribution in [2.45, 2.75) is 32.0 Å². The van der Waals surface area contributed by atoms with E-state index in [1.165, 1.54) is 11.0 Å². The first-order chi connectivity index (χ1) is 18.8. The molecule has 2 aliphatic heterocycles. The molecule has 2 amide bonds. The van der Waals surface area contributed by atoms with Gasteiger partial charge in [-0.05, 0) is 42.7 Å². The second-order valence-electron chi connectivity index (χ2n) is 9.76. The number of aromatic nitrogens is 1. The van der Waals surface area contributed by atoms with Crippen LogP contribution in [0.2, 0.25) is 0 Å². The molecule has 206 valence electrons. The van der Waals surface area contributed by atoms with Crippen molar-refractivity contribution in [3.63, 3.8) is 0 Å². The van der Waals surface area contributed by atoms with Gasteiger partial charge in [0.25, 0.3) is 5.56 Å². The molecule has 0 saturated carbocycles. The number of nitrogens with zero attached hydrogens (tertiary/aromatic N) is 3. The van der Waals surface area contributed by atoms with Crippen molar-refractivity contribution in [2.24, 2.45) is 5.73 Å². The van der Waals surface area contributed by atoms with Gasteiger partial charge in [-0.15, -0.1) is 0 Å². The summed E-state index contributed by atoms with van der Waals surface area (Å²) in [6.45, 7) is 3.66. The molecule has 0 unspecified atom stereocenters. The molecule has 5 rings (SSSR count). The van der Waals surface area contributed by atoms with Crippen LogP contribution in [0.1, 0.15) is 28.8 Å². The summed E-state index contributed by atoms with van der Waals surface area (Å²) in [6, 6.07) is 11.9. The van der Waals surface area contributed by atoms with Gasteiger partial charge in [-0.3, -0.25) is 9.59 Å². The van der Waals surface area contributed by atoms with Crippen LogP contribution in [0.5, 0.6) is 17.2 Å². The zero-order valence-corrected chi connectivity index (χ0v) is 21.8. The second-order valence-corrected chi connectivity index (χ2v) is 9.76. The number of benzene rings is 2. The molecule has 1 aromatic heterocycles. The molecule has 0 atom stereocenters. The van der Waals surface area contributed by atoms with Crippen molar-refractivity contribution in [2.75, 3.05) is 40.0 Å². The van der Waals surface area contributed by atoms with Gasteiger partial charge >= 0.3 is 6.09 Å². The number of carbonyl (C=O) groups excluding carboxylic acids is 1. The smallest absolute Gasteiger partial charge is 0.407 e. The van der Waals surface area contributed by atoms with Gasteiger partial charge in [0.2, 0.25) is 5.91 Å². The fourth-order valence-electron chi connectivity index (χ4n) is 5.35. The predicted octanol–water partition coefficient (Wildman–Crippen LogP) is 2.52. The summed E-state index contributed by atoms with van der Waals surface area (Å²) in [6.07, 6.45) is 0.409. The molecule has 3 heterocycles. The third kappa shape index (κ3) is 5.63. The average molecular weight is 537 g/mol. The van der Waals surface area contributed by atoms with Crippen molar-refractivity contribution < 1.29 is 28.9 Å². The Morgan fingerprint density at radius 1 is 1.05 bits per heavy atom. The highest BCUT2D eigenvalue weighted by Crippen LogP contribution is 2.32. The first-order valence-electron chi connectivity index (χ1n) is 13.0. The van der Waals surface area contributed by atoms with Crippen molar-refractivity contribution in [3.05, 3.63) is 63.9 Å². The summed E-state index contributed by atoms with van der Waals surface area (Å²) in [5, 5.41) is 10.5. The number of piperidine rings is 1. The van der Waals surface area contributed by atoms with Gasteiger partial charge in [0, 0.05) is 56.3 Å². The minimum Gasteiger partial charge on any atom is -0.497 e. The number of pyridine rings is 1. The Morgan fingerprint density at radius 3 is 2.49 bits per heavy atom. The zero-order chi connectivity index (χ0) is 27.5. The number of primary amides is 1. The van der Waals surface area contributed by atoms with Crippen LogP contribution in [0.3, 0.4) is 0 Å². The molecular formula is C28H32N4O7. The quantitative estimate of drug-likeness (QED) is 0.448. The summed E-state index contributed by atoms with van der Waals surface area (Å²) in [5.74, 6) is 1.23. The van der Waals surface area contributed by atoms with Gasteiger partial charge in [-0.2, -0.15) is 0 Å². The Kier molecular flexibility index (Phi) is 7.60. The second kappa shape index (κ2) is 11.2. The average Bonchev–Trinajstić information content (AvgIpc) is 2.94. The fraction of sp³-hybridized carbons (Fsp3) is 0.393. The largest absolute Gasteiger partial charge is 0.497 e. The van der Waals surface area contributed by atoms with Crippen LogP contribution in [-0.4, -0.2) is 77.5 Å². The van der Waals surface area contributed by atoms with Gasteiger partial charge in [0.1, 0.15) is 19.0 Å². The van der Waals surface area contributed by atoms with Crippen LogP contribution in [0.4, 0.5) is 4.79 Å². The van der Waals surface area contributed by atoms with Gasteiger partial charge in [-0.25, -0.2) is 4.79 Å². The van der Waals surface area contributed by atoms with Crippen molar-refractivity contribution in [3.8, 4) is 17.2 Å². The minimum atomic E-state index is -0.954. The Hall–Kier alpha value is -4.25. The van der Waals surface area contributed by atoms with E-state index in [4.69, 9.17) is 19.9 Å². The number of nitrogens with two attached hydrogens (primary N) is 1. The van der Waals surface area contributed by atoms with E-state index in [0.717, 1.165) is 5.56 Å². The molecule has 2 aromatic carbocycles. The van der Waals surface area contributed by atoms with Crippen LogP contribution in [0, 0.1) is 0 Å². The van der Waals surface area contributed by atoms with Gasteiger partial charge in [0.15, 0.2) is 11.5 Å². The topological polar surface area (TPSA) is 137 Å². The number of carboxylic acid groups (broad SMARTS) is 1. The Labute approximate surface area is 225 Å². The van der Waals surface area contributed by atoms with Crippen LogP contribution < -0.4 is 25.5 Å². The molecule has 3 N–H and O–H groups in total. The molecule has 0 spiro atoms. The lowest BCUT2D eigenvalue weighted by Crippen LogP contribution is -2.47. The Bertz CT molecular complexity index is 1450. The van der Waals surface area contributed by atoms with Crippen LogP contribution in [0.15, 0.2) is 47.3 Å². The van der Waals surface area contributed by atoms with E-state index >= 15 is 0 Å². The highest BCUT2D eigenvalue weighted by molar-refractivity contribution is 6.05. The van der Waals surface area contributed by atoms with Gasteiger partial charge < -0.3 is 39.4 Å². The molecule has 3 aromatic rings. The number of fused-ring (bicyclic) bond motifs is 2. The molecular weight excluding hydrogens is 504 g/mol. The van der Waals surface area contributed by atoms with E-state index in [2.05, 4.69) is 4.90 Å². The summed E-state index contributed by atoms with van der Waals surface area (Å²) < 4.78 is 18.2. The minimum absolute atomic E-state index is 0.116. The number of rotatable bonds is 8. The van der Waals surface area contributed by atoms with Crippen LogP contribution in [0.25, 0.3) is 10.9 Å². The summed E-state index contributed by atoms with van der Waals surface area (Å²) >= 11 is 0. The highest BCUT2D eigenvalue weighted by Gasteiger charge is 2.28. The highest BCUT2D eigenvalue weighted by atomic mass is 16.6. The van der Waals surface area contributed by atoms with E-state index in [9.17, 15) is 19.5 Å². The molecule has 0 aliphatic carbocycles. The molecule has 39 heavy (non-hydrogen) atoms. The third-order valence-electron chi connectivity index (χ3n) is 7.43. The first-order valence-corrected chi connectivity index (χ1v) is 13.0. The number of likely N-dealkylation sites (tertiary alicyclic amines) is 1. The van der Waals surface area contributed by atoms with Gasteiger partial charge in [0.05, 0.1) is 18.2 Å². The van der Waals surface area contributed by atoms with Crippen LogP contribution >= 0.6 is 0 Å². The predicted molar refractivity (Wildman–Crippen MR) is 144 cm³/mol. The molecule has 0 radical (unpaired) electrons. The van der Waals surface area contributed by atoms with E-state index in [1.54, 1.807) is 29.9 Å². The first kappa shape index (κ1) is 26.4. The number of hydrogen-bond acceptors (Lipinski definition) is 7. The molecule has 1 saturated heterocycles. The van der Waals surface area contributed by atoms with E-state index in [0.29, 0.717) is 80.4 Å². The van der Waals surface area contributed by atoms with Crippen molar-refractivity contribution in [1.29, 1.82) is 0 Å². The Balaban J connectivity index is 1.25. The normalized spacial score (nSPS) is 15.7. The number of hydrogen-bond donors (Lipinski definition) is 2. The standard InChI is InChI=1S/C28H32N4O7/c1-37-20-3-4-21-22(27(29)34)16-26(33)31(23(21)15-20)11-10-30-8-6-19(7-9-30)32(28(35)36)17-18-2-5-24-25(14-18)39-13-12-38-24/h2-5,14-16,19H,6-13,17H2,1H3,(H2,29,34)(H,35,36). The SMILES string of the molecule is COc1ccc2c(C(N)=O)cc(=O)n(CCN3CCC(N(Cc4ccc5c(c4)OCCO5)C(=O)O)CC3)c2c1. The van der Waals surface area contributed by atoms with E-state index in [-0.39, 0.29) is 23.7 Å². The van der Waals surface area contributed by atoms with Crippen molar-refractivity contribution in [1.82, 2.24) is 14.4 Å². The summed E-state index contributed by atoms with van der Waals surface area (Å²) in [5.41, 5.74) is 6.82. The number of ether oxygens (including phenoxy) is 3. The zero-order valence-electron chi connectivity index (χ0n) is 21.8. The monoisotopic (exact) mass is 536 g/mol. The molecule has 11 nitrogen and oxygen atoms in total. The molecule has 11 heteroatoms. The van der Waals surface area contributed by atoms with Gasteiger partial charge in [-0.1, -0.05) is 6.07 Å². The molecule has 1 fully saturated rings. The van der Waals surface area contributed by atoms with E-state index < -0.39 is 12.0 Å². The van der Waals surface area contributed by atoms with Crippen LogP contribution in [-0.2, 0) is 13.1 Å². The van der Waals surface area contributed by atoms with Crippen molar-refractivity contribution >= 4 is 22.9 Å². The summed E-state index contributed by atoms with van der Waals surface area (Å²) in [7, 11) is 1.54. The van der Waals surface area contributed by atoms with E-state index in [1.807, 2.05) is 18.2 Å². The number of carbonyl (C=O) groups is 2. The summed E-state index contributed by atoms with van der Waals surface area (Å²) in [4.78, 5) is 40.7. The maximum absolute atomic E-state index is 12.9. The Morgan fingerprint density at radius 2 is 1.79 bits per heavy atom.